The average molecular weight is 614 g/mol. The van der Waals surface area contributed by atoms with Crippen LogP contribution >= 0.6 is 0 Å². The molecule has 10 heteroatoms. The lowest BCUT2D eigenvalue weighted by molar-refractivity contribution is -0.150. The molecule has 0 aliphatic carbocycles. The van der Waals surface area contributed by atoms with Crippen LogP contribution in [0.25, 0.3) is 5.69 Å². The number of aryl methyl sites for hydroxylation is 2. The van der Waals surface area contributed by atoms with Crippen LogP contribution in [0.2, 0.25) is 0 Å². The average Bonchev–Trinajstić information content (AvgIpc) is 3.64. The van der Waals surface area contributed by atoms with Crippen molar-refractivity contribution in [2.75, 3.05) is 13.2 Å². The first-order chi connectivity index (χ1) is 21.7. The van der Waals surface area contributed by atoms with E-state index in [1.54, 1.807) is 38.1 Å². The number of allylic oxidation sites excluding steroid dienone is 1. The van der Waals surface area contributed by atoms with E-state index in [1.165, 1.54) is 6.21 Å². The molecule has 0 aliphatic rings. The molecule has 2 aromatic heterocycles. The molecular formula is C35H39N3O7. The van der Waals surface area contributed by atoms with Crippen molar-refractivity contribution in [1.82, 2.24) is 9.99 Å². The summed E-state index contributed by atoms with van der Waals surface area (Å²) >= 11 is 0. The summed E-state index contributed by atoms with van der Waals surface area (Å²) < 4.78 is 30.5. The molecule has 4 aromatic rings. The van der Waals surface area contributed by atoms with E-state index in [0.717, 1.165) is 22.6 Å². The van der Waals surface area contributed by atoms with Gasteiger partial charge >= 0.3 is 11.9 Å². The lowest BCUT2D eigenvalue weighted by atomic mass is 10.1. The van der Waals surface area contributed by atoms with E-state index in [-0.39, 0.29) is 19.0 Å². The lowest BCUT2D eigenvalue weighted by Gasteiger charge is -2.19. The fraction of sp³-hybridized carbons (Fsp3) is 0.286. The fourth-order valence-corrected chi connectivity index (χ4v) is 4.67. The number of hydrogen-bond donors (Lipinski definition) is 1. The molecule has 0 unspecified atom stereocenters. The molecule has 10 nitrogen and oxygen atoms in total. The Labute approximate surface area is 263 Å². The number of rotatable bonds is 15. The molecule has 45 heavy (non-hydrogen) atoms. The molecule has 1 amide bonds. The molecule has 1 atom stereocenters. The number of aromatic nitrogens is 1. The summed E-state index contributed by atoms with van der Waals surface area (Å²) in [5.74, 6) is 1.14. The summed E-state index contributed by atoms with van der Waals surface area (Å²) in [6.07, 6.45) is 2.82. The van der Waals surface area contributed by atoms with Gasteiger partial charge in [0, 0.05) is 22.6 Å². The van der Waals surface area contributed by atoms with Gasteiger partial charge < -0.3 is 27.9 Å². The molecule has 2 aromatic carbocycles. The number of nitrogens with zero attached hydrogens (tertiary/aromatic N) is 2. The number of nitrogens with one attached hydrogen (secondary N) is 1. The maximum atomic E-state index is 12.7. The highest BCUT2D eigenvalue weighted by atomic mass is 16.6. The Morgan fingerprint density at radius 3 is 2.40 bits per heavy atom. The van der Waals surface area contributed by atoms with Gasteiger partial charge in [-0.05, 0) is 107 Å². The highest BCUT2D eigenvalue weighted by Crippen LogP contribution is 2.34. The van der Waals surface area contributed by atoms with E-state index < -0.39 is 18.0 Å². The number of ether oxygens (including phenoxy) is 4. The van der Waals surface area contributed by atoms with Gasteiger partial charge in [0.25, 0.3) is 0 Å². The van der Waals surface area contributed by atoms with Gasteiger partial charge in [-0.1, -0.05) is 6.08 Å². The minimum absolute atomic E-state index is 0.0960. The zero-order chi connectivity index (χ0) is 32.3. The van der Waals surface area contributed by atoms with Crippen LogP contribution in [0.1, 0.15) is 59.6 Å². The first-order valence-corrected chi connectivity index (χ1v) is 14.8. The van der Waals surface area contributed by atoms with Gasteiger partial charge in [-0.2, -0.15) is 5.10 Å². The Hall–Kier alpha value is -5.25. The summed E-state index contributed by atoms with van der Waals surface area (Å²) in [5.41, 5.74) is 7.23. The van der Waals surface area contributed by atoms with Crippen molar-refractivity contribution in [1.29, 1.82) is 0 Å². The van der Waals surface area contributed by atoms with Gasteiger partial charge in [0.05, 0.1) is 19.4 Å². The van der Waals surface area contributed by atoms with Gasteiger partial charge in [0.1, 0.15) is 18.1 Å². The van der Waals surface area contributed by atoms with Crippen LogP contribution in [0.4, 0.5) is 0 Å². The van der Waals surface area contributed by atoms with Gasteiger partial charge in [-0.3, -0.25) is 4.79 Å². The van der Waals surface area contributed by atoms with Crippen LogP contribution in [-0.2, 0) is 22.6 Å². The summed E-state index contributed by atoms with van der Waals surface area (Å²) in [7, 11) is 0. The molecule has 1 N–H and O–H groups in total. The predicted molar refractivity (Wildman–Crippen MR) is 172 cm³/mol. The maximum absolute atomic E-state index is 12.7. The second-order valence-electron chi connectivity index (χ2n) is 10.1. The summed E-state index contributed by atoms with van der Waals surface area (Å²) in [4.78, 5) is 24.9. The number of esters is 1. The second-order valence-corrected chi connectivity index (χ2v) is 10.1. The van der Waals surface area contributed by atoms with Crippen molar-refractivity contribution in [3.8, 4) is 22.9 Å². The number of amides is 1. The zero-order valence-electron chi connectivity index (χ0n) is 26.3. The molecular weight excluding hydrogens is 574 g/mol. The van der Waals surface area contributed by atoms with E-state index in [4.69, 9.17) is 23.4 Å². The maximum Gasteiger partial charge on any atom is 0.347 e. The minimum atomic E-state index is -0.834. The Balaban J connectivity index is 1.38. The molecule has 0 fully saturated rings. The van der Waals surface area contributed by atoms with Crippen molar-refractivity contribution < 1.29 is 33.0 Å². The topological polar surface area (TPSA) is 114 Å². The van der Waals surface area contributed by atoms with E-state index >= 15 is 0 Å². The Kier molecular flexibility index (Phi) is 11.2. The number of carbonyl (C=O) groups is 2. The van der Waals surface area contributed by atoms with Gasteiger partial charge in [-0.15, -0.1) is 6.58 Å². The van der Waals surface area contributed by atoms with Crippen molar-refractivity contribution in [2.24, 2.45) is 5.10 Å². The highest BCUT2D eigenvalue weighted by Gasteiger charge is 2.21. The molecule has 0 radical (unpaired) electrons. The van der Waals surface area contributed by atoms with Gasteiger partial charge in [-0.25, -0.2) is 10.2 Å². The molecule has 0 bridgehead atoms. The van der Waals surface area contributed by atoms with Crippen LogP contribution < -0.4 is 19.6 Å². The monoisotopic (exact) mass is 613 g/mol. The zero-order valence-corrected chi connectivity index (χ0v) is 26.3. The Morgan fingerprint density at radius 1 is 1.00 bits per heavy atom. The number of carbonyl (C=O) groups excluding carboxylic acids is 2. The van der Waals surface area contributed by atoms with E-state index in [2.05, 4.69) is 47.7 Å². The minimum Gasteiger partial charge on any atom is -0.490 e. The summed E-state index contributed by atoms with van der Waals surface area (Å²) in [5, 5.41) is 4.09. The standard InChI is InChI=1S/C35H39N3O7/c1-7-10-27-19-26(20-32(41-8-2)33(27)44-25(6)35(40)42-9-3)21-36-37-34(39)31-18-17-30(45-31)22-43-29-15-13-28(14-16-29)38-23(4)11-12-24(38)5/h7,11-21,25H,1,8-10,22H2,2-6H3,(H,37,39)/b36-21+/t25-/m0/s1. The molecule has 0 spiro atoms. The number of furan rings is 1. The van der Waals surface area contributed by atoms with E-state index in [0.29, 0.717) is 41.6 Å². The van der Waals surface area contributed by atoms with Crippen molar-refractivity contribution in [3.63, 3.8) is 0 Å². The smallest absolute Gasteiger partial charge is 0.347 e. The summed E-state index contributed by atoms with van der Waals surface area (Å²) in [6, 6.07) is 18.7. The molecule has 0 aliphatic heterocycles. The Bertz CT molecular complexity index is 1630. The normalized spacial score (nSPS) is 11.7. The number of hydrazone groups is 1. The Morgan fingerprint density at radius 2 is 1.73 bits per heavy atom. The molecule has 0 saturated heterocycles. The SMILES string of the molecule is C=CCc1cc(/C=N/NC(=O)c2ccc(COc3ccc(-n4c(C)ccc4C)cc3)o2)cc(OCC)c1O[C@@H](C)C(=O)OCC. The first kappa shape index (κ1) is 32.7. The van der Waals surface area contributed by atoms with Crippen LogP contribution in [0.5, 0.6) is 17.2 Å². The van der Waals surface area contributed by atoms with E-state index in [1.807, 2.05) is 37.3 Å². The van der Waals surface area contributed by atoms with Crippen LogP contribution in [0.15, 0.2) is 82.8 Å². The quantitative estimate of drug-likeness (QED) is 0.0706. The molecule has 4 rings (SSSR count). The molecule has 2 heterocycles. The third-order valence-electron chi connectivity index (χ3n) is 6.74. The first-order valence-electron chi connectivity index (χ1n) is 14.8. The molecule has 236 valence electrons. The predicted octanol–water partition coefficient (Wildman–Crippen LogP) is 6.49. The molecule has 0 saturated carbocycles. The van der Waals surface area contributed by atoms with Gasteiger partial charge in [0.2, 0.25) is 0 Å². The lowest BCUT2D eigenvalue weighted by Crippen LogP contribution is -2.26. The largest absolute Gasteiger partial charge is 0.490 e. The second kappa shape index (κ2) is 15.5. The van der Waals surface area contributed by atoms with Gasteiger partial charge in [0.15, 0.2) is 23.4 Å². The summed E-state index contributed by atoms with van der Waals surface area (Å²) in [6.45, 7) is 13.9. The number of hydrogen-bond acceptors (Lipinski definition) is 8. The third kappa shape index (κ3) is 8.44. The van der Waals surface area contributed by atoms with Crippen molar-refractivity contribution >= 4 is 18.1 Å². The van der Waals surface area contributed by atoms with E-state index in [9.17, 15) is 9.59 Å². The fourth-order valence-electron chi connectivity index (χ4n) is 4.67. The third-order valence-corrected chi connectivity index (χ3v) is 6.74. The van der Waals surface area contributed by atoms with Crippen LogP contribution in [-0.4, -0.2) is 42.0 Å². The van der Waals surface area contributed by atoms with Crippen molar-refractivity contribution in [2.45, 2.75) is 53.8 Å². The number of benzene rings is 2. The highest BCUT2D eigenvalue weighted by molar-refractivity contribution is 5.92. The van der Waals surface area contributed by atoms with Crippen LogP contribution in [0, 0.1) is 13.8 Å². The van der Waals surface area contributed by atoms with Crippen LogP contribution in [0.3, 0.4) is 0 Å². The van der Waals surface area contributed by atoms with Crippen molar-refractivity contribution in [3.05, 3.63) is 107 Å².